The SMILES string of the molecule is CCCCCCCCCC(=O)CC(=O)N[C@@H](C)CO. The van der Waals surface area contributed by atoms with E-state index >= 15 is 0 Å². The summed E-state index contributed by atoms with van der Waals surface area (Å²) in [7, 11) is 0. The van der Waals surface area contributed by atoms with Gasteiger partial charge in [-0.3, -0.25) is 9.59 Å². The van der Waals surface area contributed by atoms with Crippen molar-refractivity contribution in [3.63, 3.8) is 0 Å². The van der Waals surface area contributed by atoms with Crippen molar-refractivity contribution in [1.82, 2.24) is 5.32 Å². The molecule has 0 fully saturated rings. The molecule has 0 aromatic rings. The van der Waals surface area contributed by atoms with Gasteiger partial charge in [0.2, 0.25) is 5.91 Å². The quantitative estimate of drug-likeness (QED) is 0.423. The number of rotatable bonds is 12. The van der Waals surface area contributed by atoms with Gasteiger partial charge in [-0.15, -0.1) is 0 Å². The lowest BCUT2D eigenvalue weighted by atomic mass is 10.1. The number of aliphatic hydroxyl groups excluding tert-OH is 1. The van der Waals surface area contributed by atoms with Crippen LogP contribution in [0, 0.1) is 0 Å². The average Bonchev–Trinajstić information content (AvgIpc) is 2.37. The van der Waals surface area contributed by atoms with E-state index in [2.05, 4.69) is 12.2 Å². The number of nitrogens with one attached hydrogen (secondary N) is 1. The lowest BCUT2D eigenvalue weighted by molar-refractivity contribution is -0.128. The molecule has 1 amide bonds. The molecular formula is C15H29NO3. The van der Waals surface area contributed by atoms with E-state index in [0.717, 1.165) is 12.8 Å². The number of carbonyl (C=O) groups is 2. The standard InChI is InChI=1S/C15H29NO3/c1-3-4-5-6-7-8-9-10-14(18)11-15(19)16-13(2)12-17/h13,17H,3-12H2,1-2H3,(H,16,19)/t13-/m0/s1. The smallest absolute Gasteiger partial charge is 0.227 e. The van der Waals surface area contributed by atoms with Crippen LogP contribution in [0.2, 0.25) is 0 Å². The molecule has 112 valence electrons. The predicted octanol–water partition coefficient (Wildman–Crippen LogP) is 2.58. The van der Waals surface area contributed by atoms with Crippen molar-refractivity contribution in [2.75, 3.05) is 6.61 Å². The first kappa shape index (κ1) is 18.1. The normalized spacial score (nSPS) is 12.2. The molecule has 0 radical (unpaired) electrons. The number of hydrogen-bond donors (Lipinski definition) is 2. The van der Waals surface area contributed by atoms with Crippen LogP contribution in [0.4, 0.5) is 0 Å². The fourth-order valence-electron chi connectivity index (χ4n) is 1.92. The van der Waals surface area contributed by atoms with E-state index in [1.807, 2.05) is 0 Å². The Labute approximate surface area is 117 Å². The van der Waals surface area contributed by atoms with E-state index in [4.69, 9.17) is 5.11 Å². The fraction of sp³-hybridized carbons (Fsp3) is 0.867. The lowest BCUT2D eigenvalue weighted by Gasteiger charge is -2.09. The molecule has 4 nitrogen and oxygen atoms in total. The Hall–Kier alpha value is -0.900. The molecule has 4 heteroatoms. The van der Waals surface area contributed by atoms with E-state index in [1.165, 1.54) is 32.1 Å². The van der Waals surface area contributed by atoms with Crippen molar-refractivity contribution < 1.29 is 14.7 Å². The highest BCUT2D eigenvalue weighted by Gasteiger charge is 2.11. The number of ketones is 1. The van der Waals surface area contributed by atoms with E-state index in [-0.39, 0.29) is 30.8 Å². The van der Waals surface area contributed by atoms with Crippen LogP contribution in [0.1, 0.15) is 71.6 Å². The van der Waals surface area contributed by atoms with Crippen LogP contribution < -0.4 is 5.32 Å². The van der Waals surface area contributed by atoms with Gasteiger partial charge in [0, 0.05) is 12.5 Å². The molecule has 0 aliphatic carbocycles. The lowest BCUT2D eigenvalue weighted by Crippen LogP contribution is -2.36. The Balaban J connectivity index is 3.46. The van der Waals surface area contributed by atoms with Crippen molar-refractivity contribution in [2.45, 2.75) is 77.7 Å². The minimum absolute atomic E-state index is 0.00352. The summed E-state index contributed by atoms with van der Waals surface area (Å²) in [5.41, 5.74) is 0. The summed E-state index contributed by atoms with van der Waals surface area (Å²) in [4.78, 5) is 22.9. The van der Waals surface area contributed by atoms with Crippen LogP contribution >= 0.6 is 0 Å². The van der Waals surface area contributed by atoms with Gasteiger partial charge in [-0.05, 0) is 13.3 Å². The highest BCUT2D eigenvalue weighted by Crippen LogP contribution is 2.09. The fourth-order valence-corrected chi connectivity index (χ4v) is 1.92. The Morgan fingerprint density at radius 1 is 1.05 bits per heavy atom. The zero-order valence-electron chi connectivity index (χ0n) is 12.4. The second-order valence-corrected chi connectivity index (χ2v) is 5.24. The maximum absolute atomic E-state index is 11.5. The Morgan fingerprint density at radius 2 is 1.63 bits per heavy atom. The number of Topliss-reactive ketones (excluding diaryl/α,β-unsaturated/α-hetero) is 1. The van der Waals surface area contributed by atoms with Gasteiger partial charge in [0.15, 0.2) is 0 Å². The molecule has 0 heterocycles. The summed E-state index contributed by atoms with van der Waals surface area (Å²) >= 11 is 0. The van der Waals surface area contributed by atoms with Crippen LogP contribution in [0.5, 0.6) is 0 Å². The third kappa shape index (κ3) is 11.9. The van der Waals surface area contributed by atoms with Gasteiger partial charge >= 0.3 is 0 Å². The molecule has 19 heavy (non-hydrogen) atoms. The molecule has 0 bridgehead atoms. The zero-order valence-corrected chi connectivity index (χ0v) is 12.4. The minimum Gasteiger partial charge on any atom is -0.394 e. The summed E-state index contributed by atoms with van der Waals surface area (Å²) < 4.78 is 0. The first-order chi connectivity index (χ1) is 9.10. The van der Waals surface area contributed by atoms with Crippen LogP contribution in [-0.2, 0) is 9.59 Å². The van der Waals surface area contributed by atoms with Crippen molar-refractivity contribution in [2.24, 2.45) is 0 Å². The first-order valence-electron chi connectivity index (χ1n) is 7.52. The second-order valence-electron chi connectivity index (χ2n) is 5.24. The largest absolute Gasteiger partial charge is 0.394 e. The van der Waals surface area contributed by atoms with Gasteiger partial charge in [-0.25, -0.2) is 0 Å². The summed E-state index contributed by atoms with van der Waals surface area (Å²) in [6.07, 6.45) is 8.65. The van der Waals surface area contributed by atoms with Crippen molar-refractivity contribution in [3.8, 4) is 0 Å². The maximum atomic E-state index is 11.5. The molecule has 0 aliphatic heterocycles. The first-order valence-corrected chi connectivity index (χ1v) is 7.52. The topological polar surface area (TPSA) is 66.4 Å². The Morgan fingerprint density at radius 3 is 2.21 bits per heavy atom. The van der Waals surface area contributed by atoms with Gasteiger partial charge in [0.25, 0.3) is 0 Å². The maximum Gasteiger partial charge on any atom is 0.227 e. The molecule has 0 spiro atoms. The van der Waals surface area contributed by atoms with E-state index in [0.29, 0.717) is 6.42 Å². The van der Waals surface area contributed by atoms with E-state index in [9.17, 15) is 9.59 Å². The van der Waals surface area contributed by atoms with Crippen LogP contribution in [0.3, 0.4) is 0 Å². The van der Waals surface area contributed by atoms with Crippen LogP contribution in [0.15, 0.2) is 0 Å². The number of carbonyl (C=O) groups excluding carboxylic acids is 2. The Kier molecular flexibility index (Phi) is 11.6. The number of unbranched alkanes of at least 4 members (excludes halogenated alkanes) is 6. The van der Waals surface area contributed by atoms with Gasteiger partial charge in [-0.2, -0.15) is 0 Å². The molecule has 0 saturated heterocycles. The van der Waals surface area contributed by atoms with E-state index < -0.39 is 0 Å². The highest BCUT2D eigenvalue weighted by atomic mass is 16.3. The molecule has 0 unspecified atom stereocenters. The van der Waals surface area contributed by atoms with Crippen molar-refractivity contribution in [3.05, 3.63) is 0 Å². The third-order valence-corrected chi connectivity index (χ3v) is 3.10. The second kappa shape index (κ2) is 12.2. The Bertz CT molecular complexity index is 254. The zero-order chi connectivity index (χ0) is 14.5. The van der Waals surface area contributed by atoms with Crippen molar-refractivity contribution >= 4 is 11.7 Å². The highest BCUT2D eigenvalue weighted by molar-refractivity contribution is 5.98. The van der Waals surface area contributed by atoms with Crippen LogP contribution in [-0.4, -0.2) is 29.4 Å². The molecule has 0 saturated carbocycles. The van der Waals surface area contributed by atoms with Gasteiger partial charge < -0.3 is 10.4 Å². The molecule has 0 rings (SSSR count). The summed E-state index contributed by atoms with van der Waals surface area (Å²) in [5.74, 6) is -0.286. The average molecular weight is 271 g/mol. The molecule has 1 atom stereocenters. The minimum atomic E-state index is -0.283. The molecular weight excluding hydrogens is 242 g/mol. The van der Waals surface area contributed by atoms with E-state index in [1.54, 1.807) is 6.92 Å². The molecule has 0 aromatic heterocycles. The molecule has 0 aromatic carbocycles. The number of amides is 1. The number of hydrogen-bond acceptors (Lipinski definition) is 3. The van der Waals surface area contributed by atoms with Gasteiger partial charge in [-0.1, -0.05) is 45.4 Å². The molecule has 0 aliphatic rings. The van der Waals surface area contributed by atoms with Crippen molar-refractivity contribution in [1.29, 1.82) is 0 Å². The summed E-state index contributed by atoms with van der Waals surface area (Å²) in [5, 5.41) is 11.4. The number of aliphatic hydroxyl groups is 1. The monoisotopic (exact) mass is 271 g/mol. The van der Waals surface area contributed by atoms with Gasteiger partial charge in [0.05, 0.1) is 13.0 Å². The summed E-state index contributed by atoms with van der Waals surface area (Å²) in [6, 6.07) is -0.279. The van der Waals surface area contributed by atoms with Crippen LogP contribution in [0.25, 0.3) is 0 Å². The summed E-state index contributed by atoms with van der Waals surface area (Å²) in [6.45, 7) is 3.80. The molecule has 2 N–H and O–H groups in total. The predicted molar refractivity (Wildman–Crippen MR) is 76.9 cm³/mol. The third-order valence-electron chi connectivity index (χ3n) is 3.10. The van der Waals surface area contributed by atoms with Gasteiger partial charge in [0.1, 0.15) is 5.78 Å².